The lowest BCUT2D eigenvalue weighted by Crippen LogP contribution is -2.34. The second kappa shape index (κ2) is 9.22. The largest absolute Gasteiger partial charge is 0.343 e. The van der Waals surface area contributed by atoms with Crippen LogP contribution in [0.25, 0.3) is 0 Å². The molecule has 0 aliphatic rings. The number of benzene rings is 2. The van der Waals surface area contributed by atoms with Gasteiger partial charge in [-0.05, 0) is 50.2 Å². The molecule has 0 saturated heterocycles. The lowest BCUT2D eigenvalue weighted by atomic mass is 10.2. The molecule has 2 aromatic carbocycles. The zero-order chi connectivity index (χ0) is 18.9. The molecule has 2 aromatic rings. The number of carbonyl (C=O) groups excluding carboxylic acids is 3. The van der Waals surface area contributed by atoms with Crippen molar-refractivity contribution in [3.63, 3.8) is 0 Å². The van der Waals surface area contributed by atoms with Crippen molar-refractivity contribution in [2.45, 2.75) is 19.9 Å². The Labute approximate surface area is 152 Å². The number of rotatable bonds is 6. The van der Waals surface area contributed by atoms with Crippen molar-refractivity contribution in [3.8, 4) is 0 Å². The molecule has 4 N–H and O–H groups in total. The van der Waals surface area contributed by atoms with Crippen LogP contribution in [0.4, 0.5) is 16.2 Å². The summed E-state index contributed by atoms with van der Waals surface area (Å²) in [6.45, 7) is 3.59. The van der Waals surface area contributed by atoms with Crippen LogP contribution >= 0.6 is 0 Å². The van der Waals surface area contributed by atoms with Crippen LogP contribution in [0.5, 0.6) is 0 Å². The van der Waals surface area contributed by atoms with Crippen LogP contribution in [0.15, 0.2) is 54.6 Å². The van der Waals surface area contributed by atoms with Gasteiger partial charge in [0, 0.05) is 23.0 Å². The van der Waals surface area contributed by atoms with Gasteiger partial charge in [0.05, 0.1) is 6.54 Å². The molecule has 0 heterocycles. The monoisotopic (exact) mass is 354 g/mol. The summed E-state index contributed by atoms with van der Waals surface area (Å²) in [5, 5.41) is 10.6. The minimum absolute atomic E-state index is 0.0297. The van der Waals surface area contributed by atoms with Crippen LogP contribution in [-0.4, -0.2) is 30.4 Å². The van der Waals surface area contributed by atoms with Gasteiger partial charge < -0.3 is 21.3 Å². The predicted octanol–water partition coefficient (Wildman–Crippen LogP) is 2.58. The number of nitrogens with one attached hydrogen (secondary N) is 4. The van der Waals surface area contributed by atoms with Gasteiger partial charge in [-0.1, -0.05) is 18.2 Å². The number of para-hydroxylation sites is 1. The Bertz CT molecular complexity index is 758. The third kappa shape index (κ3) is 6.27. The molecule has 0 aromatic heterocycles. The third-order valence-corrected chi connectivity index (χ3v) is 3.29. The molecule has 0 fully saturated rings. The van der Waals surface area contributed by atoms with Crippen molar-refractivity contribution >= 4 is 29.2 Å². The van der Waals surface area contributed by atoms with E-state index in [1.165, 1.54) is 0 Å². The molecule has 0 unspecified atom stereocenters. The topological polar surface area (TPSA) is 99.3 Å². The van der Waals surface area contributed by atoms with Gasteiger partial charge in [-0.25, -0.2) is 4.79 Å². The van der Waals surface area contributed by atoms with Gasteiger partial charge in [-0.3, -0.25) is 9.59 Å². The Kier molecular flexibility index (Phi) is 6.73. The molecule has 2 rings (SSSR count). The second-order valence-electron chi connectivity index (χ2n) is 5.93. The summed E-state index contributed by atoms with van der Waals surface area (Å²) < 4.78 is 0. The van der Waals surface area contributed by atoms with Crippen LogP contribution < -0.4 is 21.3 Å². The first kappa shape index (κ1) is 19.0. The first-order chi connectivity index (χ1) is 12.4. The number of carbonyl (C=O) groups is 3. The maximum absolute atomic E-state index is 12.1. The molecule has 26 heavy (non-hydrogen) atoms. The minimum atomic E-state index is -0.369. The van der Waals surface area contributed by atoms with E-state index in [-0.39, 0.29) is 30.4 Å². The normalized spacial score (nSPS) is 10.1. The van der Waals surface area contributed by atoms with Crippen molar-refractivity contribution in [1.29, 1.82) is 0 Å². The number of anilines is 2. The molecule has 4 amide bonds. The summed E-state index contributed by atoms with van der Waals surface area (Å²) >= 11 is 0. The molecule has 0 aliphatic heterocycles. The number of hydrogen-bond acceptors (Lipinski definition) is 3. The molecule has 0 saturated carbocycles. The molecule has 136 valence electrons. The summed E-state index contributed by atoms with van der Waals surface area (Å²) in [4.78, 5) is 35.5. The van der Waals surface area contributed by atoms with Crippen molar-refractivity contribution in [3.05, 3.63) is 60.2 Å². The zero-order valence-electron chi connectivity index (χ0n) is 14.7. The van der Waals surface area contributed by atoms with Gasteiger partial charge in [-0.2, -0.15) is 0 Å². The zero-order valence-corrected chi connectivity index (χ0v) is 14.7. The standard InChI is InChI=1S/C19H22N4O3/c1-13(2)21-19(26)23-16-10-8-14(9-11-16)18(25)20-12-17(24)22-15-6-4-3-5-7-15/h3-11,13H,12H2,1-2H3,(H,20,25)(H,22,24)(H2,21,23,26). The van der Waals surface area contributed by atoms with Crippen molar-refractivity contribution < 1.29 is 14.4 Å². The molecule has 7 nitrogen and oxygen atoms in total. The molecule has 0 atom stereocenters. The van der Waals surface area contributed by atoms with Gasteiger partial charge in [0.2, 0.25) is 5.91 Å². The van der Waals surface area contributed by atoms with Crippen LogP contribution in [-0.2, 0) is 4.79 Å². The first-order valence-corrected chi connectivity index (χ1v) is 8.24. The number of hydrogen-bond donors (Lipinski definition) is 4. The SMILES string of the molecule is CC(C)NC(=O)Nc1ccc(C(=O)NCC(=O)Nc2ccccc2)cc1. The maximum atomic E-state index is 12.1. The van der Waals surface area contributed by atoms with Crippen molar-refractivity contribution in [2.24, 2.45) is 0 Å². The Hall–Kier alpha value is -3.35. The molecule has 7 heteroatoms. The number of urea groups is 1. The summed E-state index contributed by atoms with van der Waals surface area (Å²) in [7, 11) is 0. The van der Waals surface area contributed by atoms with Gasteiger partial charge in [0.15, 0.2) is 0 Å². The highest BCUT2D eigenvalue weighted by atomic mass is 16.2. The van der Waals surface area contributed by atoms with E-state index in [0.29, 0.717) is 16.9 Å². The third-order valence-electron chi connectivity index (χ3n) is 3.29. The summed E-state index contributed by atoms with van der Waals surface area (Å²) in [6.07, 6.45) is 0. The van der Waals surface area contributed by atoms with Gasteiger partial charge in [-0.15, -0.1) is 0 Å². The highest BCUT2D eigenvalue weighted by molar-refractivity contribution is 5.99. The van der Waals surface area contributed by atoms with Crippen molar-refractivity contribution in [1.82, 2.24) is 10.6 Å². The average molecular weight is 354 g/mol. The van der Waals surface area contributed by atoms with Crippen LogP contribution in [0.2, 0.25) is 0 Å². The quantitative estimate of drug-likeness (QED) is 0.641. The molecule has 0 spiro atoms. The summed E-state index contributed by atoms with van der Waals surface area (Å²) in [6, 6.07) is 15.1. The van der Waals surface area contributed by atoms with Gasteiger partial charge >= 0.3 is 6.03 Å². The summed E-state index contributed by atoms with van der Waals surface area (Å²) in [5.74, 6) is -0.681. The number of amides is 4. The van der Waals surface area contributed by atoms with Crippen LogP contribution in [0.3, 0.4) is 0 Å². The fourth-order valence-electron chi connectivity index (χ4n) is 2.12. The van der Waals surface area contributed by atoms with E-state index in [0.717, 1.165) is 0 Å². The van der Waals surface area contributed by atoms with Crippen LogP contribution in [0.1, 0.15) is 24.2 Å². The maximum Gasteiger partial charge on any atom is 0.319 e. The Balaban J connectivity index is 1.82. The van der Waals surface area contributed by atoms with E-state index in [9.17, 15) is 14.4 Å². The van der Waals surface area contributed by atoms with Crippen LogP contribution in [0, 0.1) is 0 Å². The predicted molar refractivity (Wildman–Crippen MR) is 101 cm³/mol. The molecule has 0 bridgehead atoms. The molecular formula is C19H22N4O3. The lowest BCUT2D eigenvalue weighted by molar-refractivity contribution is -0.115. The van der Waals surface area contributed by atoms with E-state index in [1.807, 2.05) is 32.0 Å². The van der Waals surface area contributed by atoms with E-state index < -0.39 is 0 Å². The smallest absolute Gasteiger partial charge is 0.319 e. The van der Waals surface area contributed by atoms with Gasteiger partial charge in [0.1, 0.15) is 0 Å². The highest BCUT2D eigenvalue weighted by Gasteiger charge is 2.09. The van der Waals surface area contributed by atoms with E-state index >= 15 is 0 Å². The molecular weight excluding hydrogens is 332 g/mol. The Morgan fingerprint density at radius 2 is 1.46 bits per heavy atom. The lowest BCUT2D eigenvalue weighted by Gasteiger charge is -2.10. The average Bonchev–Trinajstić information content (AvgIpc) is 2.60. The Morgan fingerprint density at radius 1 is 0.846 bits per heavy atom. The van der Waals surface area contributed by atoms with E-state index in [1.54, 1.807) is 36.4 Å². The summed E-state index contributed by atoms with van der Waals surface area (Å²) in [5.41, 5.74) is 1.63. The minimum Gasteiger partial charge on any atom is -0.343 e. The second-order valence-corrected chi connectivity index (χ2v) is 5.93. The fourth-order valence-corrected chi connectivity index (χ4v) is 2.12. The van der Waals surface area contributed by atoms with E-state index in [2.05, 4.69) is 21.3 Å². The molecule has 0 radical (unpaired) electrons. The van der Waals surface area contributed by atoms with E-state index in [4.69, 9.17) is 0 Å². The van der Waals surface area contributed by atoms with Gasteiger partial charge in [0.25, 0.3) is 5.91 Å². The molecule has 0 aliphatic carbocycles. The highest BCUT2D eigenvalue weighted by Crippen LogP contribution is 2.09. The Morgan fingerprint density at radius 3 is 2.08 bits per heavy atom. The first-order valence-electron chi connectivity index (χ1n) is 8.24. The van der Waals surface area contributed by atoms with Crippen molar-refractivity contribution in [2.75, 3.05) is 17.2 Å². The fraction of sp³-hybridized carbons (Fsp3) is 0.211.